The van der Waals surface area contributed by atoms with Crippen molar-refractivity contribution in [2.45, 2.75) is 19.8 Å². The van der Waals surface area contributed by atoms with Crippen LogP contribution in [0.5, 0.6) is 0 Å². The average molecular weight is 217 g/mol. The van der Waals surface area contributed by atoms with Crippen molar-refractivity contribution in [1.29, 1.82) is 0 Å². The van der Waals surface area contributed by atoms with E-state index in [0.29, 0.717) is 0 Å². The highest BCUT2D eigenvalue weighted by Gasteiger charge is 2.18. The van der Waals surface area contributed by atoms with Crippen molar-refractivity contribution in [3.8, 4) is 0 Å². The molecule has 1 aromatic heterocycles. The zero-order valence-corrected chi connectivity index (χ0v) is 7.88. The van der Waals surface area contributed by atoms with Crippen LogP contribution in [0.1, 0.15) is 23.2 Å². The summed E-state index contributed by atoms with van der Waals surface area (Å²) in [7, 11) is 0. The predicted molar refractivity (Wildman–Crippen MR) is 48.1 cm³/mol. The van der Waals surface area contributed by atoms with Crippen molar-refractivity contribution >= 4 is 5.97 Å². The second-order valence-electron chi connectivity index (χ2n) is 3.08. The first kappa shape index (κ1) is 11.4. The first-order valence-electron chi connectivity index (χ1n) is 4.14. The molecular weight excluding hydrogens is 208 g/mol. The number of rotatable bonds is 3. The number of halogens is 2. The predicted octanol–water partition coefficient (Wildman–Crippen LogP) is 1.25. The van der Waals surface area contributed by atoms with Gasteiger partial charge in [-0.2, -0.15) is 0 Å². The number of aliphatic carboxylic acids is 1. The Hall–Kier alpha value is -1.72. The number of alkyl halides is 2. The van der Waals surface area contributed by atoms with Crippen LogP contribution >= 0.6 is 0 Å². The van der Waals surface area contributed by atoms with Gasteiger partial charge in [-0.15, -0.1) is 0 Å². The molecule has 0 aliphatic heterocycles. The van der Waals surface area contributed by atoms with E-state index in [1.807, 2.05) is 4.98 Å². The minimum absolute atomic E-state index is 0.0305. The maximum Gasteiger partial charge on any atom is 0.307 e. The van der Waals surface area contributed by atoms with Crippen molar-refractivity contribution in [3.05, 3.63) is 33.2 Å². The normalized spacial score (nSPS) is 10.7. The summed E-state index contributed by atoms with van der Waals surface area (Å²) in [6, 6.07) is 1.10. The van der Waals surface area contributed by atoms with Crippen LogP contribution in [0, 0.1) is 6.92 Å². The highest BCUT2D eigenvalue weighted by molar-refractivity contribution is 5.71. The summed E-state index contributed by atoms with van der Waals surface area (Å²) < 4.78 is 24.9. The monoisotopic (exact) mass is 217 g/mol. The number of carboxylic acids is 1. The smallest absolute Gasteiger partial charge is 0.307 e. The lowest BCUT2D eigenvalue weighted by molar-refractivity contribution is -0.136. The second-order valence-corrected chi connectivity index (χ2v) is 3.08. The summed E-state index contributed by atoms with van der Waals surface area (Å²) in [5, 5.41) is 8.53. The number of aromatic amines is 1. The van der Waals surface area contributed by atoms with E-state index < -0.39 is 30.1 Å². The molecule has 1 heterocycles. The molecule has 0 bridgehead atoms. The van der Waals surface area contributed by atoms with Crippen molar-refractivity contribution < 1.29 is 18.7 Å². The van der Waals surface area contributed by atoms with Crippen LogP contribution < -0.4 is 5.56 Å². The molecule has 1 aromatic rings. The highest BCUT2D eigenvalue weighted by atomic mass is 19.3. The van der Waals surface area contributed by atoms with Crippen LogP contribution in [0.4, 0.5) is 8.78 Å². The Morgan fingerprint density at radius 3 is 2.67 bits per heavy atom. The molecule has 0 aromatic carbocycles. The molecule has 0 aliphatic rings. The van der Waals surface area contributed by atoms with E-state index in [9.17, 15) is 18.4 Å². The first-order valence-corrected chi connectivity index (χ1v) is 4.14. The minimum atomic E-state index is -2.88. The fraction of sp³-hybridized carbons (Fsp3) is 0.333. The van der Waals surface area contributed by atoms with Gasteiger partial charge in [-0.25, -0.2) is 8.78 Å². The number of H-pyrrole nitrogens is 1. The molecule has 4 nitrogen and oxygen atoms in total. The summed E-state index contributed by atoms with van der Waals surface area (Å²) in [5.74, 6) is -1.22. The molecule has 0 fully saturated rings. The summed E-state index contributed by atoms with van der Waals surface area (Å²) >= 11 is 0. The van der Waals surface area contributed by atoms with Gasteiger partial charge in [0.15, 0.2) is 0 Å². The molecule has 1 rings (SSSR count). The van der Waals surface area contributed by atoms with Crippen LogP contribution in [-0.4, -0.2) is 16.1 Å². The third-order valence-electron chi connectivity index (χ3n) is 1.95. The molecule has 0 saturated carbocycles. The molecule has 15 heavy (non-hydrogen) atoms. The fourth-order valence-corrected chi connectivity index (χ4v) is 1.31. The fourth-order valence-electron chi connectivity index (χ4n) is 1.31. The van der Waals surface area contributed by atoms with Crippen LogP contribution in [0.2, 0.25) is 0 Å². The van der Waals surface area contributed by atoms with E-state index in [2.05, 4.69) is 0 Å². The number of carboxylic acid groups (broad SMARTS) is 1. The van der Waals surface area contributed by atoms with Crippen molar-refractivity contribution in [3.63, 3.8) is 0 Å². The third-order valence-corrected chi connectivity index (χ3v) is 1.95. The standard InChI is InChI=1S/C9H9F2NO3/c1-4-2-6(13)12-8(9(10)11)5(4)3-7(14)15/h2,9H,3H2,1H3,(H,12,13)(H,14,15). The largest absolute Gasteiger partial charge is 0.481 e. The number of carbonyl (C=O) groups is 1. The van der Waals surface area contributed by atoms with Crippen LogP contribution in [0.25, 0.3) is 0 Å². The van der Waals surface area contributed by atoms with Gasteiger partial charge in [0.25, 0.3) is 6.43 Å². The van der Waals surface area contributed by atoms with E-state index in [1.54, 1.807) is 0 Å². The molecule has 82 valence electrons. The maximum absolute atomic E-state index is 12.5. The molecule has 0 spiro atoms. The lowest BCUT2D eigenvalue weighted by Crippen LogP contribution is -2.15. The molecule has 0 unspecified atom stereocenters. The molecule has 6 heteroatoms. The number of hydrogen-bond donors (Lipinski definition) is 2. The SMILES string of the molecule is Cc1cc(=O)[nH]c(C(F)F)c1CC(=O)O. The Morgan fingerprint density at radius 1 is 1.60 bits per heavy atom. The number of nitrogens with one attached hydrogen (secondary N) is 1. The van der Waals surface area contributed by atoms with E-state index in [0.717, 1.165) is 6.07 Å². The van der Waals surface area contributed by atoms with E-state index in [4.69, 9.17) is 5.11 Å². The molecule has 0 atom stereocenters. The Bertz CT molecular complexity index is 439. The molecular formula is C9H9F2NO3. The number of hydrogen-bond acceptors (Lipinski definition) is 2. The highest BCUT2D eigenvalue weighted by Crippen LogP contribution is 2.22. The third kappa shape index (κ3) is 2.61. The first-order chi connectivity index (χ1) is 6.91. The average Bonchev–Trinajstić information content (AvgIpc) is 2.08. The Kier molecular flexibility index (Phi) is 3.18. The van der Waals surface area contributed by atoms with Gasteiger partial charge in [-0.05, 0) is 18.1 Å². The summed E-state index contributed by atoms with van der Waals surface area (Å²) in [6.45, 7) is 1.43. The van der Waals surface area contributed by atoms with E-state index >= 15 is 0 Å². The maximum atomic E-state index is 12.5. The molecule has 0 amide bonds. The summed E-state index contributed by atoms with van der Waals surface area (Å²) in [5.41, 5.74) is -1.03. The van der Waals surface area contributed by atoms with Crippen LogP contribution in [0.15, 0.2) is 10.9 Å². The number of pyridine rings is 1. The zero-order valence-electron chi connectivity index (χ0n) is 7.88. The minimum Gasteiger partial charge on any atom is -0.481 e. The molecule has 0 aliphatic carbocycles. The van der Waals surface area contributed by atoms with Gasteiger partial charge in [0, 0.05) is 6.07 Å². The van der Waals surface area contributed by atoms with E-state index in [1.165, 1.54) is 6.92 Å². The summed E-state index contributed by atoms with van der Waals surface area (Å²) in [4.78, 5) is 23.3. The Morgan fingerprint density at radius 2 is 2.20 bits per heavy atom. The van der Waals surface area contributed by atoms with Crippen molar-refractivity contribution in [1.82, 2.24) is 4.98 Å². The second kappa shape index (κ2) is 4.20. The topological polar surface area (TPSA) is 70.2 Å². The zero-order chi connectivity index (χ0) is 11.6. The Labute approximate surface area is 83.6 Å². The molecule has 0 saturated heterocycles. The van der Waals surface area contributed by atoms with Crippen LogP contribution in [-0.2, 0) is 11.2 Å². The number of aryl methyl sites for hydroxylation is 1. The lowest BCUT2D eigenvalue weighted by Gasteiger charge is -2.09. The van der Waals surface area contributed by atoms with Gasteiger partial charge in [0.05, 0.1) is 12.1 Å². The van der Waals surface area contributed by atoms with Crippen LogP contribution in [0.3, 0.4) is 0 Å². The summed E-state index contributed by atoms with van der Waals surface area (Å²) in [6.07, 6.45) is -3.41. The Balaban J connectivity index is 3.33. The number of aromatic nitrogens is 1. The molecule has 0 radical (unpaired) electrons. The quantitative estimate of drug-likeness (QED) is 0.800. The van der Waals surface area contributed by atoms with Gasteiger partial charge >= 0.3 is 5.97 Å². The van der Waals surface area contributed by atoms with Gasteiger partial charge in [0.2, 0.25) is 5.56 Å². The van der Waals surface area contributed by atoms with Gasteiger partial charge < -0.3 is 10.1 Å². The van der Waals surface area contributed by atoms with Gasteiger partial charge in [-0.1, -0.05) is 0 Å². The van der Waals surface area contributed by atoms with E-state index in [-0.39, 0.29) is 11.1 Å². The van der Waals surface area contributed by atoms with Crippen molar-refractivity contribution in [2.75, 3.05) is 0 Å². The molecule has 2 N–H and O–H groups in total. The van der Waals surface area contributed by atoms with Gasteiger partial charge in [-0.3, -0.25) is 9.59 Å². The lowest BCUT2D eigenvalue weighted by atomic mass is 10.0. The van der Waals surface area contributed by atoms with Crippen molar-refractivity contribution in [2.24, 2.45) is 0 Å². The van der Waals surface area contributed by atoms with Gasteiger partial charge in [0.1, 0.15) is 0 Å².